The standard InChI is InChI=1S/C20H28O/c21-17-9-13-3-1-11-5-7-15(18(11)13)20(17)10-14-4-2-12-6-8-16(20)19(12)14/h11-16,18-19H,1-10H2/t11-,12+,13+,14+,15-,16+,18-,19-,20-/m1/s1. The highest BCUT2D eigenvalue weighted by atomic mass is 16.1. The van der Waals surface area contributed by atoms with Gasteiger partial charge in [0.2, 0.25) is 0 Å². The number of fused-ring (bicyclic) bond motifs is 2. The van der Waals surface area contributed by atoms with Crippen LogP contribution in [-0.2, 0) is 4.79 Å². The van der Waals surface area contributed by atoms with Crippen molar-refractivity contribution >= 4 is 5.78 Å². The number of carbonyl (C=O) groups excluding carboxylic acids is 1. The topological polar surface area (TPSA) is 17.1 Å². The summed E-state index contributed by atoms with van der Waals surface area (Å²) in [7, 11) is 0. The summed E-state index contributed by atoms with van der Waals surface area (Å²) in [6.07, 6.45) is 13.9. The van der Waals surface area contributed by atoms with E-state index in [1.54, 1.807) is 0 Å². The average Bonchev–Trinajstić information content (AvgIpc) is 3.22. The summed E-state index contributed by atoms with van der Waals surface area (Å²) in [5.41, 5.74) is 0.199. The fraction of sp³-hybridized carbons (Fsp3) is 0.950. The van der Waals surface area contributed by atoms with Gasteiger partial charge >= 0.3 is 0 Å². The zero-order valence-electron chi connectivity index (χ0n) is 13.1. The predicted molar refractivity (Wildman–Crippen MR) is 81.5 cm³/mol. The number of carbonyl (C=O) groups is 1. The molecule has 0 N–H and O–H groups in total. The van der Waals surface area contributed by atoms with Gasteiger partial charge < -0.3 is 0 Å². The summed E-state index contributed by atoms with van der Waals surface area (Å²) in [6.45, 7) is 0. The molecule has 6 fully saturated rings. The van der Waals surface area contributed by atoms with Crippen LogP contribution in [0.2, 0.25) is 0 Å². The Hall–Kier alpha value is -0.330. The highest BCUT2D eigenvalue weighted by molar-refractivity contribution is 5.87. The van der Waals surface area contributed by atoms with Gasteiger partial charge in [-0.15, -0.1) is 0 Å². The van der Waals surface area contributed by atoms with Crippen LogP contribution >= 0.6 is 0 Å². The lowest BCUT2D eigenvalue weighted by molar-refractivity contribution is -0.144. The lowest BCUT2D eigenvalue weighted by Crippen LogP contribution is -2.50. The molecule has 9 atom stereocenters. The van der Waals surface area contributed by atoms with Crippen molar-refractivity contribution in [3.8, 4) is 0 Å². The quantitative estimate of drug-likeness (QED) is 0.642. The molecule has 0 saturated heterocycles. The summed E-state index contributed by atoms with van der Waals surface area (Å²) >= 11 is 0. The fourth-order valence-corrected chi connectivity index (χ4v) is 9.20. The van der Waals surface area contributed by atoms with Gasteiger partial charge in [0.15, 0.2) is 0 Å². The van der Waals surface area contributed by atoms with Crippen molar-refractivity contribution < 1.29 is 4.79 Å². The highest BCUT2D eigenvalue weighted by Crippen LogP contribution is 2.73. The molecule has 1 nitrogen and oxygen atoms in total. The first-order chi connectivity index (χ1) is 10.3. The largest absolute Gasteiger partial charge is 0.299 e. The first kappa shape index (κ1) is 12.1. The van der Waals surface area contributed by atoms with Crippen LogP contribution < -0.4 is 0 Å². The first-order valence-electron chi connectivity index (χ1n) is 9.82. The van der Waals surface area contributed by atoms with Gasteiger partial charge in [-0.3, -0.25) is 4.79 Å². The second-order valence-corrected chi connectivity index (χ2v) is 9.59. The van der Waals surface area contributed by atoms with Crippen molar-refractivity contribution in [3.05, 3.63) is 0 Å². The molecular formula is C20H28O. The van der Waals surface area contributed by atoms with Gasteiger partial charge in [-0.05, 0) is 105 Å². The minimum Gasteiger partial charge on any atom is -0.299 e. The molecule has 114 valence electrons. The molecule has 0 amide bonds. The van der Waals surface area contributed by atoms with Gasteiger partial charge in [-0.1, -0.05) is 0 Å². The second-order valence-electron chi connectivity index (χ2n) is 9.59. The molecule has 0 aromatic rings. The zero-order chi connectivity index (χ0) is 13.8. The lowest BCUT2D eigenvalue weighted by Gasteiger charge is -2.48. The maximum absolute atomic E-state index is 13.4. The normalized spacial score (nSPS) is 63.5. The molecule has 6 rings (SSSR count). The molecule has 1 heteroatoms. The van der Waals surface area contributed by atoms with Gasteiger partial charge in [0.05, 0.1) is 0 Å². The van der Waals surface area contributed by atoms with E-state index in [2.05, 4.69) is 0 Å². The van der Waals surface area contributed by atoms with E-state index in [1.165, 1.54) is 57.8 Å². The predicted octanol–water partition coefficient (Wildman–Crippen LogP) is 4.45. The SMILES string of the molecule is O=C1C[C@@H]2CC[C@@H]3CC[C@H]([C@H]32)[C@@]12C[C@@H]1CC[C@H]3CC[C@H]2[C@H]31. The van der Waals surface area contributed by atoms with Crippen LogP contribution in [0, 0.1) is 52.8 Å². The summed E-state index contributed by atoms with van der Waals surface area (Å²) < 4.78 is 0. The van der Waals surface area contributed by atoms with E-state index < -0.39 is 0 Å². The first-order valence-corrected chi connectivity index (χ1v) is 9.82. The minimum atomic E-state index is 0.199. The van der Waals surface area contributed by atoms with Crippen molar-refractivity contribution in [2.45, 2.75) is 64.2 Å². The molecule has 6 aliphatic rings. The molecule has 6 aliphatic carbocycles. The maximum Gasteiger partial charge on any atom is 0.139 e. The minimum absolute atomic E-state index is 0.199. The molecule has 0 aliphatic heterocycles. The lowest BCUT2D eigenvalue weighted by atomic mass is 9.54. The fourth-order valence-electron chi connectivity index (χ4n) is 9.20. The van der Waals surface area contributed by atoms with Gasteiger partial charge in [0.25, 0.3) is 0 Å². The Balaban J connectivity index is 1.47. The number of ketones is 1. The number of hydrogen-bond donors (Lipinski definition) is 0. The van der Waals surface area contributed by atoms with E-state index in [9.17, 15) is 4.79 Å². The van der Waals surface area contributed by atoms with Crippen molar-refractivity contribution in [3.63, 3.8) is 0 Å². The molecule has 0 aromatic carbocycles. The van der Waals surface area contributed by atoms with Crippen LogP contribution in [-0.4, -0.2) is 5.78 Å². The molecule has 6 saturated carbocycles. The van der Waals surface area contributed by atoms with E-state index >= 15 is 0 Å². The molecule has 0 bridgehead atoms. The van der Waals surface area contributed by atoms with E-state index in [0.717, 1.165) is 59.5 Å². The van der Waals surface area contributed by atoms with Gasteiger partial charge in [-0.2, -0.15) is 0 Å². The van der Waals surface area contributed by atoms with E-state index in [0.29, 0.717) is 0 Å². The summed E-state index contributed by atoms with van der Waals surface area (Å²) in [6, 6.07) is 0. The summed E-state index contributed by atoms with van der Waals surface area (Å²) in [4.78, 5) is 13.4. The van der Waals surface area contributed by atoms with E-state index in [4.69, 9.17) is 0 Å². The van der Waals surface area contributed by atoms with E-state index in [-0.39, 0.29) is 5.41 Å². The van der Waals surface area contributed by atoms with Crippen LogP contribution in [0.5, 0.6) is 0 Å². The van der Waals surface area contributed by atoms with Crippen LogP contribution in [0.15, 0.2) is 0 Å². The molecule has 0 radical (unpaired) electrons. The van der Waals surface area contributed by atoms with Crippen LogP contribution in [0.1, 0.15) is 64.2 Å². The highest BCUT2D eigenvalue weighted by Gasteiger charge is 2.69. The number of hydrogen-bond acceptors (Lipinski definition) is 1. The third-order valence-corrected chi connectivity index (χ3v) is 9.51. The van der Waals surface area contributed by atoms with Gasteiger partial charge in [-0.25, -0.2) is 0 Å². The Kier molecular flexibility index (Phi) is 2.18. The molecular weight excluding hydrogens is 256 g/mol. The van der Waals surface area contributed by atoms with E-state index in [1.807, 2.05) is 0 Å². The third-order valence-electron chi connectivity index (χ3n) is 9.51. The van der Waals surface area contributed by atoms with Crippen LogP contribution in [0.25, 0.3) is 0 Å². The second kappa shape index (κ2) is 3.77. The average molecular weight is 284 g/mol. The van der Waals surface area contributed by atoms with Crippen molar-refractivity contribution in [2.24, 2.45) is 52.8 Å². The Morgan fingerprint density at radius 3 is 1.90 bits per heavy atom. The Bertz CT molecular complexity index is 510. The third kappa shape index (κ3) is 1.23. The molecule has 21 heavy (non-hydrogen) atoms. The molecule has 0 aromatic heterocycles. The smallest absolute Gasteiger partial charge is 0.139 e. The Labute approximate surface area is 128 Å². The van der Waals surface area contributed by atoms with Crippen LogP contribution in [0.4, 0.5) is 0 Å². The molecule has 0 heterocycles. The Morgan fingerprint density at radius 2 is 1.19 bits per heavy atom. The summed E-state index contributed by atoms with van der Waals surface area (Å²) in [5.74, 6) is 8.15. The zero-order valence-corrected chi connectivity index (χ0v) is 13.1. The molecule has 0 unspecified atom stereocenters. The van der Waals surface area contributed by atoms with Crippen molar-refractivity contribution in [2.75, 3.05) is 0 Å². The monoisotopic (exact) mass is 284 g/mol. The summed E-state index contributed by atoms with van der Waals surface area (Å²) in [5, 5.41) is 0. The van der Waals surface area contributed by atoms with Gasteiger partial charge in [0.1, 0.15) is 5.78 Å². The Morgan fingerprint density at radius 1 is 0.667 bits per heavy atom. The number of rotatable bonds is 0. The number of Topliss-reactive ketones (excluding diaryl/α,β-unsaturated/α-hetero) is 1. The van der Waals surface area contributed by atoms with Crippen molar-refractivity contribution in [1.29, 1.82) is 0 Å². The van der Waals surface area contributed by atoms with Crippen molar-refractivity contribution in [1.82, 2.24) is 0 Å². The van der Waals surface area contributed by atoms with Crippen LogP contribution in [0.3, 0.4) is 0 Å². The molecule has 1 spiro atoms. The maximum atomic E-state index is 13.4. The van der Waals surface area contributed by atoms with Gasteiger partial charge in [0, 0.05) is 11.8 Å².